The van der Waals surface area contributed by atoms with Gasteiger partial charge in [-0.1, -0.05) is 58.4 Å². The number of amides is 3. The Morgan fingerprint density at radius 3 is 2.26 bits per heavy atom. The maximum atomic E-state index is 15.0. The van der Waals surface area contributed by atoms with Crippen LogP contribution in [0, 0.1) is 11.8 Å². The Balaban J connectivity index is 1.60. The van der Waals surface area contributed by atoms with Crippen molar-refractivity contribution in [2.45, 2.75) is 55.3 Å². The number of hydrogen-bond acceptors (Lipinski definition) is 6. The van der Waals surface area contributed by atoms with Crippen molar-refractivity contribution in [3.8, 4) is 0 Å². The number of alkyl halides is 1. The highest BCUT2D eigenvalue weighted by atomic mass is 79.9. The van der Waals surface area contributed by atoms with Crippen LogP contribution < -0.4 is 9.80 Å². The van der Waals surface area contributed by atoms with Crippen molar-refractivity contribution in [2.75, 3.05) is 49.6 Å². The monoisotopic (exact) mass is 692 g/mol. The average molecular weight is 694 g/mol. The summed E-state index contributed by atoms with van der Waals surface area (Å²) >= 11 is 3.75. The first-order valence-corrected chi connectivity index (χ1v) is 17.0. The van der Waals surface area contributed by atoms with Crippen LogP contribution in [0.1, 0.15) is 25.8 Å². The van der Waals surface area contributed by atoms with E-state index < -0.39 is 35.6 Å². The maximum absolute atomic E-state index is 15.0. The van der Waals surface area contributed by atoms with Gasteiger partial charge in [0.05, 0.1) is 30.6 Å². The fourth-order valence-electron chi connectivity index (χ4n) is 7.73. The molecule has 46 heavy (non-hydrogen) atoms. The van der Waals surface area contributed by atoms with Gasteiger partial charge in [-0.05, 0) is 56.5 Å². The summed E-state index contributed by atoms with van der Waals surface area (Å²) in [6, 6.07) is 15.6. The number of carbonyl (C=O) groups excluding carboxylic acids is 3. The van der Waals surface area contributed by atoms with E-state index in [1.54, 1.807) is 29.0 Å². The van der Waals surface area contributed by atoms with Gasteiger partial charge in [-0.3, -0.25) is 14.4 Å². The molecular formula is C36H45BrN4O5. The molecule has 2 aromatic rings. The number of carbonyl (C=O) groups is 3. The number of rotatable bonds is 14. The molecule has 0 radical (unpaired) electrons. The second-order valence-corrected chi connectivity index (χ2v) is 13.5. The quantitative estimate of drug-likeness (QED) is 0.237. The van der Waals surface area contributed by atoms with Crippen LogP contribution in [0.3, 0.4) is 0 Å². The molecule has 7 atom stereocenters. The van der Waals surface area contributed by atoms with Crippen molar-refractivity contribution in [1.29, 1.82) is 0 Å². The number of halogens is 1. The zero-order chi connectivity index (χ0) is 33.2. The highest BCUT2D eigenvalue weighted by Crippen LogP contribution is 2.61. The zero-order valence-electron chi connectivity index (χ0n) is 26.9. The molecule has 10 heteroatoms. The van der Waals surface area contributed by atoms with E-state index in [0.29, 0.717) is 25.1 Å². The van der Waals surface area contributed by atoms with Gasteiger partial charge in [0.2, 0.25) is 11.8 Å². The van der Waals surface area contributed by atoms with Crippen LogP contribution in [-0.4, -0.2) is 101 Å². The number of hydrogen-bond donors (Lipinski definition) is 1. The van der Waals surface area contributed by atoms with Crippen molar-refractivity contribution >= 4 is 45.0 Å². The molecule has 246 valence electrons. The molecule has 5 rings (SSSR count). The summed E-state index contributed by atoms with van der Waals surface area (Å²) in [6.07, 6.45) is 3.45. The molecule has 0 saturated carbocycles. The molecule has 3 amide bonds. The van der Waals surface area contributed by atoms with Crippen molar-refractivity contribution in [2.24, 2.45) is 11.8 Å². The molecule has 3 saturated heterocycles. The van der Waals surface area contributed by atoms with Gasteiger partial charge >= 0.3 is 0 Å². The molecule has 2 bridgehead atoms. The zero-order valence-corrected chi connectivity index (χ0v) is 28.5. The molecule has 9 nitrogen and oxygen atoms in total. The molecule has 3 unspecified atom stereocenters. The third kappa shape index (κ3) is 5.80. The Hall–Kier alpha value is -3.47. The minimum atomic E-state index is -1.26. The summed E-state index contributed by atoms with van der Waals surface area (Å²) in [5.41, 5.74) is 1.38. The second kappa shape index (κ2) is 14.1. The number of nitrogens with zero attached hydrogens (tertiary/aromatic N) is 4. The molecule has 0 aromatic heterocycles. The van der Waals surface area contributed by atoms with E-state index in [1.807, 2.05) is 54.6 Å². The lowest BCUT2D eigenvalue weighted by molar-refractivity contribution is -0.146. The van der Waals surface area contributed by atoms with E-state index in [9.17, 15) is 14.7 Å². The number of benzene rings is 2. The fourth-order valence-corrected chi connectivity index (χ4v) is 8.67. The van der Waals surface area contributed by atoms with Gasteiger partial charge in [0.15, 0.2) is 0 Å². The number of aliphatic hydroxyl groups is 1. The lowest BCUT2D eigenvalue weighted by Crippen LogP contribution is -2.59. The Kier molecular flexibility index (Phi) is 10.4. The highest BCUT2D eigenvalue weighted by molar-refractivity contribution is 9.09. The summed E-state index contributed by atoms with van der Waals surface area (Å²) in [5, 5.41) is 10.8. The van der Waals surface area contributed by atoms with E-state index in [-0.39, 0.29) is 35.7 Å². The lowest BCUT2D eigenvalue weighted by atomic mass is 9.70. The molecule has 3 fully saturated rings. The van der Waals surface area contributed by atoms with Crippen LogP contribution in [0.15, 0.2) is 79.9 Å². The summed E-state index contributed by atoms with van der Waals surface area (Å²) in [4.78, 5) is 50.4. The van der Waals surface area contributed by atoms with Gasteiger partial charge < -0.3 is 29.4 Å². The second-order valence-electron chi connectivity index (χ2n) is 12.4. The third-order valence-corrected chi connectivity index (χ3v) is 10.7. The maximum Gasteiger partial charge on any atom is 0.253 e. The first kappa shape index (κ1) is 33.9. The minimum absolute atomic E-state index is 0.205. The molecule has 2 aromatic carbocycles. The number of likely N-dealkylation sites (N-methyl/N-ethyl adjacent to an activating group) is 1. The smallest absolute Gasteiger partial charge is 0.253 e. The molecule has 0 aliphatic carbocycles. The molecular weight excluding hydrogens is 648 g/mol. The summed E-state index contributed by atoms with van der Waals surface area (Å²) in [5.74, 6) is -2.55. The molecule has 3 aliphatic rings. The van der Waals surface area contributed by atoms with Crippen molar-refractivity contribution < 1.29 is 24.2 Å². The normalized spacial score (nSPS) is 26.8. The molecule has 1 N–H and O–H groups in total. The largest absolute Gasteiger partial charge is 0.394 e. The van der Waals surface area contributed by atoms with E-state index in [4.69, 9.17) is 4.74 Å². The predicted octanol–water partition coefficient (Wildman–Crippen LogP) is 4.05. The number of likely N-dealkylation sites (tertiary alicyclic amines) is 1. The number of anilines is 2. The first-order valence-electron chi connectivity index (χ1n) is 16.1. The molecule has 3 aliphatic heterocycles. The van der Waals surface area contributed by atoms with Crippen LogP contribution in [0.4, 0.5) is 11.4 Å². The summed E-state index contributed by atoms with van der Waals surface area (Å²) < 4.78 is 6.74. The van der Waals surface area contributed by atoms with Crippen molar-refractivity contribution in [3.05, 3.63) is 85.5 Å². The summed E-state index contributed by atoms with van der Waals surface area (Å²) in [7, 11) is 1.69. The Labute approximate surface area is 280 Å². The Morgan fingerprint density at radius 2 is 1.67 bits per heavy atom. The average Bonchev–Trinajstić information content (AvgIpc) is 3.66. The molecule has 1 spiro atoms. The van der Waals surface area contributed by atoms with Gasteiger partial charge in [-0.2, -0.15) is 0 Å². The van der Waals surface area contributed by atoms with E-state index in [0.717, 1.165) is 24.3 Å². The van der Waals surface area contributed by atoms with Crippen molar-refractivity contribution in [1.82, 2.24) is 9.80 Å². The molecule has 3 heterocycles. The van der Waals surface area contributed by atoms with Crippen LogP contribution >= 0.6 is 15.9 Å². The summed E-state index contributed by atoms with van der Waals surface area (Å²) in [6.45, 7) is 13.8. The number of aliphatic hydroxyl groups excluding tert-OH is 1. The van der Waals surface area contributed by atoms with Gasteiger partial charge in [-0.15, -0.1) is 13.2 Å². The van der Waals surface area contributed by atoms with Gasteiger partial charge in [-0.25, -0.2) is 0 Å². The van der Waals surface area contributed by atoms with E-state index >= 15 is 4.79 Å². The van der Waals surface area contributed by atoms with Crippen LogP contribution in [0.2, 0.25) is 0 Å². The van der Waals surface area contributed by atoms with E-state index in [2.05, 4.69) is 47.8 Å². The highest BCUT2D eigenvalue weighted by Gasteiger charge is 2.77. The topological polar surface area (TPSA) is 93.6 Å². The standard InChI is InChI=1S/C36H45BrN4O5/c1-6-19-38(5)33(43)29-30-34(44)41(27(23-42)21-24-13-11-10-12-14-24)32(36(30)22-28(37)31(29)46-36)35(45)40(20-7-2)26-17-15-25(16-18-26)39(8-3)9-4/h6-7,10-18,27-32,42H,1-2,8-9,19-23H2,3-5H3/t27-,28?,29+,30+,31+,32?,36?/m1/s1. The van der Waals surface area contributed by atoms with Crippen LogP contribution in [-0.2, 0) is 25.5 Å². The van der Waals surface area contributed by atoms with Gasteiger partial charge in [0, 0.05) is 49.4 Å². The Morgan fingerprint density at radius 1 is 1.04 bits per heavy atom. The predicted molar refractivity (Wildman–Crippen MR) is 184 cm³/mol. The van der Waals surface area contributed by atoms with Gasteiger partial charge in [0.25, 0.3) is 5.91 Å². The van der Waals surface area contributed by atoms with Gasteiger partial charge in [0.1, 0.15) is 11.6 Å². The number of fused-ring (bicyclic) bond motifs is 1. The van der Waals surface area contributed by atoms with Crippen molar-refractivity contribution in [3.63, 3.8) is 0 Å². The van der Waals surface area contributed by atoms with Crippen LogP contribution in [0.25, 0.3) is 0 Å². The number of ether oxygens (including phenoxy) is 1. The SMILES string of the molecule is C=CCN(C)C(=O)[C@H]1[C@H]2C(=O)N([C@@H](CO)Cc3ccccc3)C(C(=O)N(CC=C)c3ccc(N(CC)CC)cc3)C23CC(Br)[C@@H]1O3. The van der Waals surface area contributed by atoms with E-state index in [1.165, 1.54) is 4.90 Å². The Bertz CT molecular complexity index is 1430. The van der Waals surface area contributed by atoms with Crippen LogP contribution in [0.5, 0.6) is 0 Å². The minimum Gasteiger partial charge on any atom is -0.394 e. The lowest BCUT2D eigenvalue weighted by Gasteiger charge is -2.39. The fraction of sp³-hybridized carbons (Fsp3) is 0.472. The first-order chi connectivity index (χ1) is 22.2. The third-order valence-electron chi connectivity index (χ3n) is 9.81.